The second kappa shape index (κ2) is 7.14. The molecule has 2 aromatic rings. The molecule has 1 unspecified atom stereocenters. The van der Waals surface area contributed by atoms with E-state index < -0.39 is 23.8 Å². The highest BCUT2D eigenvalue weighted by Gasteiger charge is 2.48. The number of halogens is 6. The molecular formula is C17H8Cl3F3O4. The summed E-state index contributed by atoms with van der Waals surface area (Å²) < 4.78 is 49.9. The minimum Gasteiger partial charge on any atom is -0.478 e. The lowest BCUT2D eigenvalue weighted by Crippen LogP contribution is -2.40. The third kappa shape index (κ3) is 4.10. The maximum atomic E-state index is 13.2. The molecule has 142 valence electrons. The molecule has 0 radical (unpaired) electrons. The summed E-state index contributed by atoms with van der Waals surface area (Å²) in [6.45, 7) is 0. The zero-order valence-corrected chi connectivity index (χ0v) is 15.2. The largest absolute Gasteiger partial charge is 0.478 e. The molecule has 2 aromatic carbocycles. The number of rotatable bonds is 3. The van der Waals surface area contributed by atoms with Gasteiger partial charge in [-0.25, -0.2) is 4.79 Å². The Morgan fingerprint density at radius 1 is 1.07 bits per heavy atom. The van der Waals surface area contributed by atoms with E-state index in [4.69, 9.17) is 49.4 Å². The van der Waals surface area contributed by atoms with Crippen molar-refractivity contribution >= 4 is 46.8 Å². The van der Waals surface area contributed by atoms with E-state index in [1.807, 2.05) is 0 Å². The summed E-state index contributed by atoms with van der Waals surface area (Å²) in [5.74, 6) is -1.88. The summed E-state index contributed by atoms with van der Waals surface area (Å²) in [6, 6.07) is 6.77. The normalized spacial score (nSPS) is 16.2. The molecule has 4 nitrogen and oxygen atoms in total. The molecule has 27 heavy (non-hydrogen) atoms. The van der Waals surface area contributed by atoms with Crippen molar-refractivity contribution in [2.24, 2.45) is 0 Å². The Hall–Kier alpha value is -2.09. The molecule has 1 atom stereocenters. The van der Waals surface area contributed by atoms with Crippen LogP contribution in [0.15, 0.2) is 35.9 Å². The smallest absolute Gasteiger partial charge is 0.430 e. The van der Waals surface area contributed by atoms with Gasteiger partial charge in [0.1, 0.15) is 17.2 Å². The van der Waals surface area contributed by atoms with Gasteiger partial charge in [0.05, 0.1) is 15.6 Å². The third-order valence-electron chi connectivity index (χ3n) is 3.56. The number of hydrogen-bond donors (Lipinski definition) is 1. The van der Waals surface area contributed by atoms with Crippen LogP contribution in [-0.2, 0) is 4.79 Å². The highest BCUT2D eigenvalue weighted by molar-refractivity contribution is 6.34. The van der Waals surface area contributed by atoms with Crippen molar-refractivity contribution in [2.75, 3.05) is 0 Å². The number of ether oxygens (including phenoxy) is 2. The quantitative estimate of drug-likeness (QED) is 0.616. The average Bonchev–Trinajstić information content (AvgIpc) is 2.56. The summed E-state index contributed by atoms with van der Waals surface area (Å²) in [6.07, 6.45) is -6.67. The first-order valence-electron chi connectivity index (χ1n) is 7.21. The highest BCUT2D eigenvalue weighted by atomic mass is 35.5. The zero-order valence-electron chi connectivity index (χ0n) is 13.0. The Morgan fingerprint density at radius 3 is 2.37 bits per heavy atom. The fraction of sp³-hybridized carbons (Fsp3) is 0.118. The van der Waals surface area contributed by atoms with Crippen LogP contribution in [0.25, 0.3) is 6.08 Å². The van der Waals surface area contributed by atoms with Gasteiger partial charge in [-0.3, -0.25) is 0 Å². The van der Waals surface area contributed by atoms with Gasteiger partial charge in [0, 0.05) is 22.7 Å². The van der Waals surface area contributed by atoms with Crippen LogP contribution in [0.5, 0.6) is 17.2 Å². The van der Waals surface area contributed by atoms with E-state index in [-0.39, 0.29) is 32.9 Å². The molecular weight excluding hydrogens is 432 g/mol. The lowest BCUT2D eigenvalue weighted by atomic mass is 10.0. The topological polar surface area (TPSA) is 55.8 Å². The van der Waals surface area contributed by atoms with E-state index in [0.717, 1.165) is 12.1 Å². The number of carbonyl (C=O) groups is 1. The van der Waals surface area contributed by atoms with Crippen molar-refractivity contribution in [3.8, 4) is 17.2 Å². The molecule has 0 amide bonds. The van der Waals surface area contributed by atoms with Crippen LogP contribution in [0.2, 0.25) is 15.1 Å². The number of hydrogen-bond acceptors (Lipinski definition) is 3. The number of carboxylic acid groups (broad SMARTS) is 1. The SMILES string of the molecule is O=C(O)C1=Cc2cc(Cl)c(Oc3cc(Cl)ccc3Cl)cc2OC1C(F)(F)F. The summed E-state index contributed by atoms with van der Waals surface area (Å²) in [4.78, 5) is 11.2. The zero-order chi connectivity index (χ0) is 19.9. The number of benzene rings is 2. The lowest BCUT2D eigenvalue weighted by Gasteiger charge is -2.27. The molecule has 1 heterocycles. The monoisotopic (exact) mass is 438 g/mol. The second-order valence-corrected chi connectivity index (χ2v) is 6.69. The van der Waals surface area contributed by atoms with E-state index in [9.17, 15) is 18.0 Å². The van der Waals surface area contributed by atoms with Crippen LogP contribution in [0, 0.1) is 0 Å². The van der Waals surface area contributed by atoms with Gasteiger partial charge in [-0.05, 0) is 24.3 Å². The Labute approximate surface area is 165 Å². The van der Waals surface area contributed by atoms with Gasteiger partial charge in [-0.15, -0.1) is 0 Å². The van der Waals surface area contributed by atoms with Crippen LogP contribution >= 0.6 is 34.8 Å². The van der Waals surface area contributed by atoms with Gasteiger partial charge in [-0.2, -0.15) is 13.2 Å². The van der Waals surface area contributed by atoms with Gasteiger partial charge in [0.25, 0.3) is 0 Å². The molecule has 0 aliphatic carbocycles. The van der Waals surface area contributed by atoms with Crippen LogP contribution in [0.1, 0.15) is 5.56 Å². The van der Waals surface area contributed by atoms with Crippen molar-refractivity contribution in [3.05, 3.63) is 56.5 Å². The summed E-state index contributed by atoms with van der Waals surface area (Å²) in [7, 11) is 0. The van der Waals surface area contributed by atoms with Crippen molar-refractivity contribution in [2.45, 2.75) is 12.3 Å². The Kier molecular flexibility index (Phi) is 5.20. The standard InChI is InChI=1S/C17H8Cl3F3O4/c18-8-1-2-10(19)13(5-8)26-14-6-12-7(4-11(14)20)3-9(16(24)25)15(27-12)17(21,22)23/h1-6,15H,(H,24,25). The minimum atomic E-state index is -4.92. The highest BCUT2D eigenvalue weighted by Crippen LogP contribution is 2.43. The third-order valence-corrected chi connectivity index (χ3v) is 4.40. The van der Waals surface area contributed by atoms with Gasteiger partial charge in [0.2, 0.25) is 6.10 Å². The Balaban J connectivity index is 2.04. The van der Waals surface area contributed by atoms with Crippen LogP contribution in [0.3, 0.4) is 0 Å². The molecule has 1 aliphatic rings. The van der Waals surface area contributed by atoms with Crippen molar-refractivity contribution < 1.29 is 32.5 Å². The molecule has 0 fully saturated rings. The number of carboxylic acids is 1. The molecule has 0 bridgehead atoms. The van der Waals surface area contributed by atoms with E-state index >= 15 is 0 Å². The Bertz CT molecular complexity index is 957. The van der Waals surface area contributed by atoms with Gasteiger partial charge >= 0.3 is 12.1 Å². The van der Waals surface area contributed by atoms with Crippen molar-refractivity contribution in [1.82, 2.24) is 0 Å². The van der Waals surface area contributed by atoms with Crippen molar-refractivity contribution in [1.29, 1.82) is 0 Å². The lowest BCUT2D eigenvalue weighted by molar-refractivity contribution is -0.187. The molecule has 0 aromatic heterocycles. The van der Waals surface area contributed by atoms with E-state index in [1.54, 1.807) is 0 Å². The molecule has 0 saturated carbocycles. The predicted molar refractivity (Wildman–Crippen MR) is 94.1 cm³/mol. The maximum absolute atomic E-state index is 13.2. The summed E-state index contributed by atoms with van der Waals surface area (Å²) >= 11 is 18.0. The second-order valence-electron chi connectivity index (χ2n) is 5.44. The predicted octanol–water partition coefficient (Wildman–Crippen LogP) is 6.23. The maximum Gasteiger partial charge on any atom is 0.430 e. The molecule has 0 spiro atoms. The Morgan fingerprint density at radius 2 is 1.74 bits per heavy atom. The number of fused-ring (bicyclic) bond motifs is 1. The molecule has 10 heteroatoms. The van der Waals surface area contributed by atoms with Crippen molar-refractivity contribution in [3.63, 3.8) is 0 Å². The molecule has 3 rings (SSSR count). The van der Waals surface area contributed by atoms with Crippen LogP contribution < -0.4 is 9.47 Å². The number of aliphatic carboxylic acids is 1. The fourth-order valence-corrected chi connectivity index (χ4v) is 2.90. The fourth-order valence-electron chi connectivity index (χ4n) is 2.37. The van der Waals surface area contributed by atoms with Gasteiger partial charge in [-0.1, -0.05) is 34.8 Å². The molecule has 0 saturated heterocycles. The number of alkyl halides is 3. The average molecular weight is 440 g/mol. The van der Waals surface area contributed by atoms with E-state index in [2.05, 4.69) is 0 Å². The first kappa shape index (κ1) is 19.7. The summed E-state index contributed by atoms with van der Waals surface area (Å²) in [5, 5.41) is 9.58. The molecule has 1 aliphatic heterocycles. The van der Waals surface area contributed by atoms with E-state index in [1.165, 1.54) is 24.3 Å². The van der Waals surface area contributed by atoms with Gasteiger partial charge in [0.15, 0.2) is 0 Å². The summed E-state index contributed by atoms with van der Waals surface area (Å²) in [5.41, 5.74) is -0.875. The van der Waals surface area contributed by atoms with Crippen LogP contribution in [0.4, 0.5) is 13.2 Å². The van der Waals surface area contributed by atoms with E-state index in [0.29, 0.717) is 5.02 Å². The van der Waals surface area contributed by atoms with Crippen LogP contribution in [-0.4, -0.2) is 23.4 Å². The molecule has 1 N–H and O–H groups in total. The van der Waals surface area contributed by atoms with Gasteiger partial charge < -0.3 is 14.6 Å². The minimum absolute atomic E-state index is 0.0137. The first-order valence-corrected chi connectivity index (χ1v) is 8.34. The first-order chi connectivity index (χ1) is 12.6.